The molecule has 0 N–H and O–H groups in total. The Morgan fingerprint density at radius 1 is 0.864 bits per heavy atom. The number of rotatable bonds is 14. The van der Waals surface area contributed by atoms with E-state index < -0.39 is 0 Å². The molecule has 0 spiro atoms. The van der Waals surface area contributed by atoms with Gasteiger partial charge in [0.25, 0.3) is 0 Å². The summed E-state index contributed by atoms with van der Waals surface area (Å²) < 4.78 is 0. The van der Waals surface area contributed by atoms with Crippen LogP contribution in [0, 0.1) is 11.8 Å². The number of hydrogen-bond donors (Lipinski definition) is 0. The lowest BCUT2D eigenvalue weighted by molar-refractivity contribution is -0.129. The topological polar surface area (TPSA) is 34.1 Å². The molecular formula is C20H36O2. The molecule has 2 heteroatoms. The number of carbonyl (C=O) groups is 2. The maximum absolute atomic E-state index is 10.9. The number of carbonyl (C=O) groups excluding carboxylic acids is 2. The zero-order chi connectivity index (χ0) is 16.0. The van der Waals surface area contributed by atoms with Crippen LogP contribution in [0.1, 0.15) is 103 Å². The standard InChI is InChI=1S/C20H36O2/c1-2-3-4-5-6-8-12-18-14-11-15-19(18)13-9-7-10-16-20(22)17-21/h17-19H,2-16H2,1H3/t18-,19-/m0/s1. The van der Waals surface area contributed by atoms with Crippen LogP contribution in [0.15, 0.2) is 0 Å². The van der Waals surface area contributed by atoms with Gasteiger partial charge in [-0.1, -0.05) is 90.4 Å². The summed E-state index contributed by atoms with van der Waals surface area (Å²) in [7, 11) is 0. The number of aldehydes is 1. The summed E-state index contributed by atoms with van der Waals surface area (Å²) in [5, 5.41) is 0. The summed E-state index contributed by atoms with van der Waals surface area (Å²) in [6.07, 6.45) is 19.7. The molecule has 2 atom stereocenters. The first-order valence-corrected chi connectivity index (χ1v) is 9.76. The summed E-state index contributed by atoms with van der Waals surface area (Å²) in [5.74, 6) is 1.68. The Bertz CT molecular complexity index is 298. The molecule has 0 aromatic heterocycles. The highest BCUT2D eigenvalue weighted by molar-refractivity contribution is 6.24. The summed E-state index contributed by atoms with van der Waals surface area (Å²) >= 11 is 0. The molecule has 1 saturated carbocycles. The Morgan fingerprint density at radius 2 is 1.41 bits per heavy atom. The predicted octanol–water partition coefficient (Wildman–Crippen LogP) is 5.87. The van der Waals surface area contributed by atoms with Gasteiger partial charge in [-0.05, 0) is 18.3 Å². The Labute approximate surface area is 137 Å². The third-order valence-corrected chi connectivity index (χ3v) is 5.37. The molecule has 0 aromatic rings. The second-order valence-electron chi connectivity index (χ2n) is 7.19. The van der Waals surface area contributed by atoms with Crippen molar-refractivity contribution < 1.29 is 9.59 Å². The largest absolute Gasteiger partial charge is 0.295 e. The van der Waals surface area contributed by atoms with Crippen LogP contribution in [0.25, 0.3) is 0 Å². The van der Waals surface area contributed by atoms with E-state index in [2.05, 4.69) is 6.92 Å². The zero-order valence-corrected chi connectivity index (χ0v) is 14.7. The predicted molar refractivity (Wildman–Crippen MR) is 93.0 cm³/mol. The summed E-state index contributed by atoms with van der Waals surface area (Å²) in [4.78, 5) is 21.2. The quantitative estimate of drug-likeness (QED) is 0.228. The smallest absolute Gasteiger partial charge is 0.195 e. The lowest BCUT2D eigenvalue weighted by Crippen LogP contribution is -2.08. The summed E-state index contributed by atoms with van der Waals surface area (Å²) in [5.41, 5.74) is 0. The molecule has 1 rings (SSSR count). The first-order valence-electron chi connectivity index (χ1n) is 9.76. The first kappa shape index (κ1) is 19.4. The van der Waals surface area contributed by atoms with E-state index in [0.717, 1.165) is 24.7 Å². The van der Waals surface area contributed by atoms with E-state index in [1.807, 2.05) is 0 Å². The molecule has 2 nitrogen and oxygen atoms in total. The minimum Gasteiger partial charge on any atom is -0.295 e. The van der Waals surface area contributed by atoms with Crippen molar-refractivity contribution >= 4 is 12.1 Å². The van der Waals surface area contributed by atoms with Gasteiger partial charge >= 0.3 is 0 Å². The second-order valence-corrected chi connectivity index (χ2v) is 7.19. The van der Waals surface area contributed by atoms with Crippen LogP contribution in [-0.4, -0.2) is 12.1 Å². The first-order chi connectivity index (χ1) is 10.8. The molecule has 0 aliphatic heterocycles. The van der Waals surface area contributed by atoms with Gasteiger partial charge in [-0.3, -0.25) is 9.59 Å². The van der Waals surface area contributed by atoms with Gasteiger partial charge < -0.3 is 0 Å². The highest BCUT2D eigenvalue weighted by atomic mass is 16.2. The Kier molecular flexibility index (Phi) is 11.3. The van der Waals surface area contributed by atoms with Gasteiger partial charge in [0.1, 0.15) is 0 Å². The van der Waals surface area contributed by atoms with E-state index >= 15 is 0 Å². The molecule has 0 bridgehead atoms. The average Bonchev–Trinajstić information content (AvgIpc) is 2.97. The molecule has 0 heterocycles. The number of ketones is 1. The maximum Gasteiger partial charge on any atom is 0.195 e. The van der Waals surface area contributed by atoms with Crippen molar-refractivity contribution in [3.8, 4) is 0 Å². The molecule has 0 saturated heterocycles. The van der Waals surface area contributed by atoms with Crippen molar-refractivity contribution in [2.45, 2.75) is 103 Å². The average molecular weight is 309 g/mol. The van der Waals surface area contributed by atoms with Gasteiger partial charge in [0.2, 0.25) is 0 Å². The second kappa shape index (κ2) is 12.8. The van der Waals surface area contributed by atoms with Crippen LogP contribution >= 0.6 is 0 Å². The van der Waals surface area contributed by atoms with E-state index in [4.69, 9.17) is 0 Å². The Balaban J connectivity index is 2.02. The van der Waals surface area contributed by atoms with E-state index in [1.54, 1.807) is 0 Å². The molecule has 0 radical (unpaired) electrons. The van der Waals surface area contributed by atoms with Crippen molar-refractivity contribution in [3.63, 3.8) is 0 Å². The number of unbranched alkanes of at least 4 members (excludes halogenated alkanes) is 7. The maximum atomic E-state index is 10.9. The van der Waals surface area contributed by atoms with Crippen LogP contribution in [0.3, 0.4) is 0 Å². The number of hydrogen-bond acceptors (Lipinski definition) is 2. The minimum atomic E-state index is -0.234. The molecule has 1 aliphatic carbocycles. The zero-order valence-electron chi connectivity index (χ0n) is 14.7. The third kappa shape index (κ3) is 8.70. The van der Waals surface area contributed by atoms with E-state index in [0.29, 0.717) is 12.7 Å². The van der Waals surface area contributed by atoms with Crippen molar-refractivity contribution in [2.75, 3.05) is 0 Å². The fraction of sp³-hybridized carbons (Fsp3) is 0.900. The SMILES string of the molecule is CCCCCCCC[C@H]1CCC[C@@H]1CCCCCC(=O)C=O. The monoisotopic (exact) mass is 308 g/mol. The molecule has 22 heavy (non-hydrogen) atoms. The van der Waals surface area contributed by atoms with Gasteiger partial charge in [-0.25, -0.2) is 0 Å². The Hall–Kier alpha value is -0.660. The van der Waals surface area contributed by atoms with Crippen molar-refractivity contribution in [2.24, 2.45) is 11.8 Å². The van der Waals surface area contributed by atoms with Crippen LogP contribution < -0.4 is 0 Å². The van der Waals surface area contributed by atoms with Gasteiger partial charge in [0.15, 0.2) is 12.1 Å². The van der Waals surface area contributed by atoms with Crippen LogP contribution in [0.4, 0.5) is 0 Å². The fourth-order valence-corrected chi connectivity index (χ4v) is 4.00. The Morgan fingerprint density at radius 3 is 2.00 bits per heavy atom. The fourth-order valence-electron chi connectivity index (χ4n) is 4.00. The van der Waals surface area contributed by atoms with Crippen molar-refractivity contribution in [1.29, 1.82) is 0 Å². The van der Waals surface area contributed by atoms with Crippen LogP contribution in [0.2, 0.25) is 0 Å². The highest BCUT2D eigenvalue weighted by Crippen LogP contribution is 2.38. The van der Waals surface area contributed by atoms with E-state index in [-0.39, 0.29) is 5.78 Å². The van der Waals surface area contributed by atoms with Crippen molar-refractivity contribution in [3.05, 3.63) is 0 Å². The van der Waals surface area contributed by atoms with E-state index in [9.17, 15) is 9.59 Å². The van der Waals surface area contributed by atoms with Crippen molar-refractivity contribution in [1.82, 2.24) is 0 Å². The summed E-state index contributed by atoms with van der Waals surface area (Å²) in [6.45, 7) is 2.28. The third-order valence-electron chi connectivity index (χ3n) is 5.37. The van der Waals surface area contributed by atoms with Gasteiger partial charge in [0.05, 0.1) is 0 Å². The molecule has 1 fully saturated rings. The normalized spacial score (nSPS) is 21.1. The van der Waals surface area contributed by atoms with Gasteiger partial charge in [-0.2, -0.15) is 0 Å². The molecule has 128 valence electrons. The molecular weight excluding hydrogens is 272 g/mol. The summed E-state index contributed by atoms with van der Waals surface area (Å²) in [6, 6.07) is 0. The molecule has 0 unspecified atom stereocenters. The minimum absolute atomic E-state index is 0.234. The van der Waals surface area contributed by atoms with Gasteiger partial charge in [0, 0.05) is 6.42 Å². The van der Waals surface area contributed by atoms with Crippen LogP contribution in [0.5, 0.6) is 0 Å². The van der Waals surface area contributed by atoms with Gasteiger partial charge in [-0.15, -0.1) is 0 Å². The molecule has 1 aliphatic rings. The molecule has 0 aromatic carbocycles. The lowest BCUT2D eigenvalue weighted by atomic mass is 9.86. The molecule has 0 amide bonds. The number of Topliss-reactive ketones (excluding diaryl/α,β-unsaturated/α-hetero) is 1. The lowest BCUT2D eigenvalue weighted by Gasteiger charge is -2.19. The van der Waals surface area contributed by atoms with E-state index in [1.165, 1.54) is 77.0 Å². The highest BCUT2D eigenvalue weighted by Gasteiger charge is 2.25. The van der Waals surface area contributed by atoms with Crippen LogP contribution in [-0.2, 0) is 9.59 Å².